The van der Waals surface area contributed by atoms with Crippen LogP contribution >= 0.6 is 11.6 Å². The zero-order valence-electron chi connectivity index (χ0n) is 12.3. The van der Waals surface area contributed by atoms with Gasteiger partial charge in [-0.3, -0.25) is 4.79 Å². The Morgan fingerprint density at radius 1 is 1.27 bits per heavy atom. The minimum absolute atomic E-state index is 0.0124. The van der Waals surface area contributed by atoms with E-state index in [1.165, 1.54) is 6.26 Å². The molecule has 0 radical (unpaired) electrons. The molecule has 120 valence electrons. The lowest BCUT2D eigenvalue weighted by atomic mass is 9.99. The minimum atomic E-state index is -3.17. The van der Waals surface area contributed by atoms with Gasteiger partial charge >= 0.3 is 0 Å². The zero-order chi connectivity index (χ0) is 15.9. The first-order valence-corrected chi connectivity index (χ1v) is 9.62. The lowest BCUT2D eigenvalue weighted by molar-refractivity contribution is 0.0909. The summed E-state index contributed by atoms with van der Waals surface area (Å²) in [6.45, 7) is 0. The molecule has 7 heteroatoms. The Morgan fingerprint density at radius 2 is 1.91 bits per heavy atom. The number of piperidine rings is 1. The molecule has 0 saturated carbocycles. The van der Waals surface area contributed by atoms with Gasteiger partial charge in [-0.25, -0.2) is 8.42 Å². The molecule has 1 N–H and O–H groups in total. The summed E-state index contributed by atoms with van der Waals surface area (Å²) in [5.74, 6) is -0.153. The number of sulfonamides is 1. The monoisotopic (exact) mass is 342 g/mol. The molecule has 2 unspecified atom stereocenters. The fraction of sp³-hybridized carbons (Fsp3) is 0.533. The Hall–Kier alpha value is -1.11. The summed E-state index contributed by atoms with van der Waals surface area (Å²) in [6, 6.07) is 6.87. The van der Waals surface area contributed by atoms with Crippen molar-refractivity contribution in [1.29, 1.82) is 0 Å². The molecule has 22 heavy (non-hydrogen) atoms. The van der Waals surface area contributed by atoms with Crippen LogP contribution in [0.4, 0.5) is 0 Å². The lowest BCUT2D eigenvalue weighted by Gasteiger charge is -2.37. The van der Waals surface area contributed by atoms with E-state index in [0.29, 0.717) is 23.4 Å². The Labute approximate surface area is 135 Å². The molecule has 2 saturated heterocycles. The van der Waals surface area contributed by atoms with E-state index in [4.69, 9.17) is 11.6 Å². The number of nitrogens with zero attached hydrogens (tertiary/aromatic N) is 1. The van der Waals surface area contributed by atoms with Crippen LogP contribution in [0.15, 0.2) is 24.3 Å². The molecule has 1 aromatic carbocycles. The number of hydrogen-bond acceptors (Lipinski definition) is 3. The number of carbonyl (C=O) groups excluding carboxylic acids is 1. The molecule has 2 heterocycles. The van der Waals surface area contributed by atoms with Crippen molar-refractivity contribution in [1.82, 2.24) is 9.62 Å². The van der Waals surface area contributed by atoms with Gasteiger partial charge in [-0.2, -0.15) is 4.31 Å². The van der Waals surface area contributed by atoms with Crippen molar-refractivity contribution in [3.05, 3.63) is 34.9 Å². The molecule has 3 rings (SSSR count). The van der Waals surface area contributed by atoms with E-state index < -0.39 is 10.0 Å². The number of carbonyl (C=O) groups is 1. The zero-order valence-corrected chi connectivity index (χ0v) is 13.9. The van der Waals surface area contributed by atoms with Crippen LogP contribution in [0.3, 0.4) is 0 Å². The van der Waals surface area contributed by atoms with Crippen LogP contribution in [0.25, 0.3) is 0 Å². The van der Waals surface area contributed by atoms with Gasteiger partial charge in [-0.1, -0.05) is 17.7 Å². The third-order valence-corrected chi connectivity index (χ3v) is 6.07. The van der Waals surface area contributed by atoms with Crippen molar-refractivity contribution in [3.63, 3.8) is 0 Å². The molecule has 0 aromatic heterocycles. The van der Waals surface area contributed by atoms with Gasteiger partial charge in [0.2, 0.25) is 10.0 Å². The van der Waals surface area contributed by atoms with Crippen molar-refractivity contribution in [2.45, 2.75) is 43.8 Å². The number of rotatable bonds is 3. The van der Waals surface area contributed by atoms with Crippen LogP contribution < -0.4 is 5.32 Å². The van der Waals surface area contributed by atoms with Gasteiger partial charge in [0.05, 0.1) is 6.26 Å². The fourth-order valence-electron chi connectivity index (χ4n) is 3.69. The molecular formula is C15H19ClN2O3S. The van der Waals surface area contributed by atoms with Gasteiger partial charge in [0.25, 0.3) is 5.91 Å². The molecule has 1 aromatic rings. The highest BCUT2D eigenvalue weighted by molar-refractivity contribution is 7.88. The molecule has 2 aliphatic heterocycles. The van der Waals surface area contributed by atoms with E-state index >= 15 is 0 Å². The first-order chi connectivity index (χ1) is 10.3. The highest BCUT2D eigenvalue weighted by Gasteiger charge is 2.45. The Bertz CT molecular complexity index is 678. The second kappa shape index (κ2) is 5.83. The molecule has 2 fully saturated rings. The van der Waals surface area contributed by atoms with Crippen LogP contribution in [0, 0.1) is 0 Å². The smallest absolute Gasteiger partial charge is 0.251 e. The number of hydrogen-bond donors (Lipinski definition) is 1. The van der Waals surface area contributed by atoms with Gasteiger partial charge in [0, 0.05) is 28.7 Å². The van der Waals surface area contributed by atoms with Crippen LogP contribution in [-0.2, 0) is 10.0 Å². The second-order valence-corrected chi connectivity index (χ2v) is 8.45. The van der Waals surface area contributed by atoms with E-state index in [0.717, 1.165) is 12.8 Å². The van der Waals surface area contributed by atoms with Gasteiger partial charge in [0.1, 0.15) is 0 Å². The summed E-state index contributed by atoms with van der Waals surface area (Å²) >= 11 is 5.90. The maximum Gasteiger partial charge on any atom is 0.251 e. The number of halogens is 1. The largest absolute Gasteiger partial charge is 0.349 e. The molecule has 2 atom stereocenters. The highest BCUT2D eigenvalue weighted by atomic mass is 35.5. The minimum Gasteiger partial charge on any atom is -0.349 e. The average Bonchev–Trinajstić information content (AvgIpc) is 2.71. The van der Waals surface area contributed by atoms with Crippen LogP contribution in [-0.4, -0.2) is 43.0 Å². The molecule has 0 aliphatic carbocycles. The molecular weight excluding hydrogens is 324 g/mol. The first kappa shape index (κ1) is 15.8. The fourth-order valence-corrected chi connectivity index (χ4v) is 5.35. The summed E-state index contributed by atoms with van der Waals surface area (Å²) < 4.78 is 25.4. The predicted octanol–water partition coefficient (Wildman–Crippen LogP) is 2.02. The number of amides is 1. The summed E-state index contributed by atoms with van der Waals surface area (Å²) in [7, 11) is -3.17. The quantitative estimate of drug-likeness (QED) is 0.914. The maximum absolute atomic E-state index is 12.3. The standard InChI is InChI=1S/C15H19ClN2O3S/c1-22(20,21)18-13-5-6-14(18)9-12(8-13)17-15(19)10-3-2-4-11(16)7-10/h2-4,7,12-14H,5-6,8-9H2,1H3,(H,17,19). The molecule has 0 spiro atoms. The average molecular weight is 343 g/mol. The molecule has 2 aliphatic rings. The molecule has 1 amide bonds. The lowest BCUT2D eigenvalue weighted by Crippen LogP contribution is -2.52. The van der Waals surface area contributed by atoms with Gasteiger partial charge in [-0.15, -0.1) is 0 Å². The topological polar surface area (TPSA) is 66.5 Å². The van der Waals surface area contributed by atoms with Crippen molar-refractivity contribution >= 4 is 27.5 Å². The van der Waals surface area contributed by atoms with Crippen molar-refractivity contribution in [3.8, 4) is 0 Å². The summed E-state index contributed by atoms with van der Waals surface area (Å²) in [6.07, 6.45) is 4.37. The van der Waals surface area contributed by atoms with Crippen LogP contribution in [0.5, 0.6) is 0 Å². The van der Waals surface area contributed by atoms with Crippen LogP contribution in [0.2, 0.25) is 5.02 Å². The van der Waals surface area contributed by atoms with Gasteiger partial charge in [0.15, 0.2) is 0 Å². The van der Waals surface area contributed by atoms with Crippen LogP contribution in [0.1, 0.15) is 36.0 Å². The Balaban J connectivity index is 1.68. The third-order valence-electron chi connectivity index (χ3n) is 4.47. The van der Waals surface area contributed by atoms with Crippen molar-refractivity contribution in [2.75, 3.05) is 6.26 Å². The van der Waals surface area contributed by atoms with Gasteiger partial charge in [-0.05, 0) is 43.9 Å². The van der Waals surface area contributed by atoms with Crippen molar-refractivity contribution < 1.29 is 13.2 Å². The summed E-state index contributed by atoms with van der Waals surface area (Å²) in [4.78, 5) is 12.3. The second-order valence-electron chi connectivity index (χ2n) is 6.13. The third kappa shape index (κ3) is 3.14. The number of benzene rings is 1. The highest BCUT2D eigenvalue weighted by Crippen LogP contribution is 2.37. The van der Waals surface area contributed by atoms with E-state index in [2.05, 4.69) is 5.32 Å². The SMILES string of the molecule is CS(=O)(=O)N1C2CCC1CC(NC(=O)c1cccc(Cl)c1)C2. The molecule has 2 bridgehead atoms. The number of fused-ring (bicyclic) bond motifs is 2. The van der Waals surface area contributed by atoms with Gasteiger partial charge < -0.3 is 5.32 Å². The summed E-state index contributed by atoms with van der Waals surface area (Å²) in [5.41, 5.74) is 0.533. The predicted molar refractivity (Wildman–Crippen MR) is 85.4 cm³/mol. The Kier molecular flexibility index (Phi) is 4.18. The van der Waals surface area contributed by atoms with E-state index in [-0.39, 0.29) is 24.0 Å². The normalized spacial score (nSPS) is 28.5. The maximum atomic E-state index is 12.3. The van der Waals surface area contributed by atoms with E-state index in [1.54, 1.807) is 28.6 Å². The van der Waals surface area contributed by atoms with E-state index in [9.17, 15) is 13.2 Å². The molecule has 5 nitrogen and oxygen atoms in total. The summed E-state index contributed by atoms with van der Waals surface area (Å²) in [5, 5.41) is 3.54. The number of nitrogens with one attached hydrogen (secondary N) is 1. The van der Waals surface area contributed by atoms with Crippen molar-refractivity contribution in [2.24, 2.45) is 0 Å². The van der Waals surface area contributed by atoms with E-state index in [1.807, 2.05) is 0 Å². The first-order valence-electron chi connectivity index (χ1n) is 7.39. The Morgan fingerprint density at radius 3 is 2.45 bits per heavy atom.